The maximum Gasteiger partial charge on any atom is 0 e. The van der Waals surface area contributed by atoms with E-state index in [0.717, 1.165) is 38.9 Å². The normalized spacial score (nSPS) is 12.4. The van der Waals surface area contributed by atoms with Crippen LogP contribution in [0, 0.1) is 45.6 Å². The van der Waals surface area contributed by atoms with Gasteiger partial charge in [-0.1, -0.05) is 34.7 Å². The molecule has 7 aromatic rings. The fourth-order valence-electron chi connectivity index (χ4n) is 5.73. The summed E-state index contributed by atoms with van der Waals surface area (Å²) in [6.07, 6.45) is 3.25. The van der Waals surface area contributed by atoms with Crippen LogP contribution < -0.4 is 4.40 Å². The van der Waals surface area contributed by atoms with Crippen molar-refractivity contribution in [3.63, 3.8) is 0 Å². The Morgan fingerprint density at radius 2 is 1.57 bits per heavy atom. The Morgan fingerprint density at radius 3 is 2.23 bits per heavy atom. The number of aromatic nitrogens is 3. The summed E-state index contributed by atoms with van der Waals surface area (Å²) in [4.78, 5) is 13.0. The Kier molecular flexibility index (Phi) is 9.06. The number of pyridine rings is 3. The van der Waals surface area contributed by atoms with Crippen molar-refractivity contribution in [2.24, 2.45) is 0 Å². The zero-order valence-electron chi connectivity index (χ0n) is 30.1. The van der Waals surface area contributed by atoms with E-state index in [1.807, 2.05) is 69.4 Å². The molecule has 7 rings (SSSR count). The standard InChI is InChI=1S/C26H20FN2O.C14H16GeN.Ir/c1-14-10-15(2)24(16(3)11-14)21-12-23(28-13-22(21)27)20-7-5-6-18-19-9-8-17(4)29-26(19)30-25(18)20;1-15(2,3)13-9-10-14(16-11-13)12-7-5-4-6-8-12;/h5-6,8-13H,1-4H3;4-7,9-11H,1-3H3;/q2*-1;/i4D3;;. The first-order valence-electron chi connectivity index (χ1n) is 16.6. The molecule has 239 valence electrons. The van der Waals surface area contributed by atoms with Crippen molar-refractivity contribution in [2.45, 2.75) is 44.9 Å². The van der Waals surface area contributed by atoms with Crippen LogP contribution in [0.2, 0.25) is 17.3 Å². The third-order valence-electron chi connectivity index (χ3n) is 7.97. The molecule has 4 aromatic heterocycles. The summed E-state index contributed by atoms with van der Waals surface area (Å²) >= 11 is -1.72. The molecule has 0 atom stereocenters. The molecule has 0 aliphatic carbocycles. The van der Waals surface area contributed by atoms with E-state index in [1.165, 1.54) is 16.7 Å². The summed E-state index contributed by atoms with van der Waals surface area (Å²) in [5.41, 5.74) is 8.19. The molecule has 47 heavy (non-hydrogen) atoms. The van der Waals surface area contributed by atoms with Crippen LogP contribution in [-0.4, -0.2) is 28.2 Å². The van der Waals surface area contributed by atoms with E-state index >= 15 is 0 Å². The second-order valence-corrected chi connectivity index (χ2v) is 23.2. The molecule has 0 unspecified atom stereocenters. The van der Waals surface area contributed by atoms with Crippen LogP contribution in [-0.2, 0) is 20.1 Å². The van der Waals surface area contributed by atoms with Crippen LogP contribution in [0.15, 0.2) is 95.7 Å². The van der Waals surface area contributed by atoms with Gasteiger partial charge >= 0.3 is 99.8 Å². The van der Waals surface area contributed by atoms with Crippen LogP contribution in [0.4, 0.5) is 4.39 Å². The first kappa shape index (κ1) is 30.4. The van der Waals surface area contributed by atoms with Gasteiger partial charge in [-0.15, -0.1) is 18.2 Å². The number of hydrogen-bond donors (Lipinski definition) is 0. The molecule has 0 spiro atoms. The van der Waals surface area contributed by atoms with Gasteiger partial charge < -0.3 is 9.40 Å². The zero-order chi connectivity index (χ0) is 35.1. The Bertz CT molecular complexity index is 2280. The third kappa shape index (κ3) is 7.30. The van der Waals surface area contributed by atoms with Gasteiger partial charge in [-0.2, -0.15) is 0 Å². The van der Waals surface area contributed by atoms with Gasteiger partial charge in [0.2, 0.25) is 5.71 Å². The molecule has 3 aromatic carbocycles. The minimum Gasteiger partial charge on any atom is 0 e. The molecule has 4 nitrogen and oxygen atoms in total. The van der Waals surface area contributed by atoms with Gasteiger partial charge in [0, 0.05) is 40.9 Å². The van der Waals surface area contributed by atoms with Crippen molar-refractivity contribution in [2.75, 3.05) is 0 Å². The molecule has 0 saturated heterocycles. The van der Waals surface area contributed by atoms with Gasteiger partial charge in [-0.3, -0.25) is 0 Å². The van der Waals surface area contributed by atoms with Crippen molar-refractivity contribution < 1.29 is 33.0 Å². The van der Waals surface area contributed by atoms with Crippen molar-refractivity contribution in [1.29, 1.82) is 0 Å². The Labute approximate surface area is 296 Å². The second-order valence-electron chi connectivity index (χ2n) is 12.5. The number of aryl methyl sites for hydroxylation is 4. The summed E-state index contributed by atoms with van der Waals surface area (Å²) in [6.45, 7) is 3.62. The fourth-order valence-corrected chi connectivity index (χ4v) is 7.91. The number of halogens is 1. The van der Waals surface area contributed by atoms with E-state index in [2.05, 4.69) is 56.5 Å². The molecule has 7 heteroatoms. The average molecular weight is 862 g/mol. The molecule has 0 bridgehead atoms. The third-order valence-corrected chi connectivity index (χ3v) is 12.2. The van der Waals surface area contributed by atoms with Gasteiger partial charge in [0.1, 0.15) is 5.82 Å². The van der Waals surface area contributed by atoms with Crippen LogP contribution in [0.1, 0.15) is 26.5 Å². The van der Waals surface area contributed by atoms with E-state index in [0.29, 0.717) is 27.8 Å². The first-order chi connectivity index (χ1) is 23.2. The van der Waals surface area contributed by atoms with Crippen molar-refractivity contribution in [3.05, 3.63) is 132 Å². The van der Waals surface area contributed by atoms with Crippen LogP contribution in [0.5, 0.6) is 0 Å². The predicted molar refractivity (Wildman–Crippen MR) is 189 cm³/mol. The summed E-state index contributed by atoms with van der Waals surface area (Å²) in [5.74, 6) is 6.73. The molecular formula is C40H36FGeIrN3O-2. The summed E-state index contributed by atoms with van der Waals surface area (Å²) in [7, 11) is 0. The molecule has 0 aliphatic rings. The quantitative estimate of drug-likeness (QED) is 0.131. The van der Waals surface area contributed by atoms with E-state index in [-0.39, 0.29) is 31.5 Å². The van der Waals surface area contributed by atoms with E-state index < -0.39 is 25.9 Å². The molecule has 0 amide bonds. The van der Waals surface area contributed by atoms with Crippen LogP contribution >= 0.6 is 0 Å². The van der Waals surface area contributed by atoms with Gasteiger partial charge in [-0.05, 0) is 62.1 Å². The summed E-state index contributed by atoms with van der Waals surface area (Å²) in [5, 5.41) is 1.46. The van der Waals surface area contributed by atoms with Gasteiger partial charge in [0.25, 0.3) is 0 Å². The topological polar surface area (TPSA) is 51.8 Å². The molecule has 0 saturated carbocycles. The Hall–Kier alpha value is -3.97. The Balaban J connectivity index is 0.000000241. The first-order valence-corrected chi connectivity index (χ1v) is 22.5. The number of hydrogen-bond acceptors (Lipinski definition) is 4. The second kappa shape index (κ2) is 14.0. The minimum absolute atomic E-state index is 0. The van der Waals surface area contributed by atoms with Gasteiger partial charge in [0.15, 0.2) is 0 Å². The van der Waals surface area contributed by atoms with Crippen molar-refractivity contribution in [1.82, 2.24) is 15.0 Å². The number of nitrogens with zero attached hydrogens (tertiary/aromatic N) is 3. The van der Waals surface area contributed by atoms with E-state index in [9.17, 15) is 4.39 Å². The van der Waals surface area contributed by atoms with Gasteiger partial charge in [0.05, 0.1) is 11.8 Å². The average Bonchev–Trinajstić information content (AvgIpc) is 3.44. The minimum atomic E-state index is -2.33. The molecule has 0 fully saturated rings. The van der Waals surface area contributed by atoms with E-state index in [1.54, 1.807) is 18.2 Å². The number of furan rings is 1. The van der Waals surface area contributed by atoms with E-state index in [4.69, 9.17) is 8.53 Å². The largest absolute Gasteiger partial charge is 0 e. The number of rotatable bonds is 4. The number of benzene rings is 3. The molecule has 1 radical (unpaired) electrons. The molecule has 0 N–H and O–H groups in total. The fraction of sp³-hybridized carbons (Fsp3) is 0.175. The maximum absolute atomic E-state index is 14.9. The van der Waals surface area contributed by atoms with Crippen molar-refractivity contribution in [3.8, 4) is 33.6 Å². The van der Waals surface area contributed by atoms with Crippen LogP contribution in [0.25, 0.3) is 55.7 Å². The molecular weight excluding hydrogens is 822 g/mol. The summed E-state index contributed by atoms with van der Waals surface area (Å²) in [6, 6.07) is 31.2. The SMILES string of the molecule is [2H]C([2H])([2H])c1ccc2c(n1)oc1c(-c3cc(-c4c(C)cc(C)cc4C)c(F)cn3)[c-]ccc12.[CH3][Ge]([CH3])([CH3])[c]1ccc(-c2[c-]cccc2)nc1.[Ir]. The monoisotopic (exact) mass is 863 g/mol. The Morgan fingerprint density at radius 1 is 0.809 bits per heavy atom. The van der Waals surface area contributed by atoms with Gasteiger partial charge in [-0.25, -0.2) is 9.37 Å². The van der Waals surface area contributed by atoms with Crippen molar-refractivity contribution >= 4 is 39.7 Å². The molecule has 4 heterocycles. The molecule has 0 aliphatic heterocycles. The van der Waals surface area contributed by atoms with Crippen LogP contribution in [0.3, 0.4) is 0 Å². The summed E-state index contributed by atoms with van der Waals surface area (Å²) < 4.78 is 45.2. The maximum atomic E-state index is 14.9. The predicted octanol–water partition coefficient (Wildman–Crippen LogP) is 9.97. The number of fused-ring (bicyclic) bond motifs is 3. The smallest absolute Gasteiger partial charge is 0 e. The zero-order valence-corrected chi connectivity index (χ0v) is 31.6.